The molecule has 0 radical (unpaired) electrons. The third-order valence-corrected chi connectivity index (χ3v) is 7.48. The first-order chi connectivity index (χ1) is 17.3. The summed E-state index contributed by atoms with van der Waals surface area (Å²) in [5.41, 5.74) is 0.125. The van der Waals surface area contributed by atoms with Crippen molar-refractivity contribution in [2.45, 2.75) is 45.7 Å². The van der Waals surface area contributed by atoms with Crippen LogP contribution < -0.4 is 15.8 Å². The van der Waals surface area contributed by atoms with Gasteiger partial charge in [0.05, 0.1) is 23.5 Å². The van der Waals surface area contributed by atoms with Crippen LogP contribution in [0.4, 0.5) is 5.82 Å². The number of carbonyl (C=O) groups is 3. The van der Waals surface area contributed by atoms with Gasteiger partial charge in [0.2, 0.25) is 5.91 Å². The monoisotopic (exact) mass is 529 g/mol. The minimum atomic E-state index is -0.919. The highest BCUT2D eigenvalue weighted by molar-refractivity contribution is 8.26. The second kappa shape index (κ2) is 10.8. The molecular weight excluding hydrogens is 502 g/mol. The summed E-state index contributed by atoms with van der Waals surface area (Å²) in [6, 6.07) is 4.14. The van der Waals surface area contributed by atoms with Crippen molar-refractivity contribution >= 4 is 63.6 Å². The molecule has 1 N–H and O–H groups in total. The fourth-order valence-electron chi connectivity index (χ4n) is 4.16. The number of fused-ring (bicyclic) bond motifs is 1. The summed E-state index contributed by atoms with van der Waals surface area (Å²) in [6.45, 7) is 6.39. The second-order valence-electron chi connectivity index (χ2n) is 8.40. The van der Waals surface area contributed by atoms with E-state index in [2.05, 4.69) is 5.32 Å². The number of hydrogen-bond acceptors (Lipinski definition) is 9. The molecule has 0 aliphatic carbocycles. The molecule has 0 saturated carbocycles. The van der Waals surface area contributed by atoms with E-state index in [0.29, 0.717) is 28.0 Å². The van der Waals surface area contributed by atoms with Crippen molar-refractivity contribution in [3.63, 3.8) is 0 Å². The van der Waals surface area contributed by atoms with Gasteiger partial charge in [0.15, 0.2) is 0 Å². The first kappa shape index (κ1) is 25.8. The summed E-state index contributed by atoms with van der Waals surface area (Å²) in [5.74, 6) is -0.942. The first-order valence-corrected chi connectivity index (χ1v) is 13.0. The van der Waals surface area contributed by atoms with Gasteiger partial charge in [0, 0.05) is 25.3 Å². The van der Waals surface area contributed by atoms with Crippen LogP contribution in [0.1, 0.15) is 39.2 Å². The Morgan fingerprint density at radius 1 is 1.33 bits per heavy atom. The van der Waals surface area contributed by atoms with E-state index in [-0.39, 0.29) is 42.3 Å². The number of pyridine rings is 1. The van der Waals surface area contributed by atoms with Gasteiger partial charge >= 0.3 is 5.97 Å². The van der Waals surface area contributed by atoms with E-state index in [1.807, 2.05) is 13.8 Å². The lowest BCUT2D eigenvalue weighted by molar-refractivity contribution is -0.145. The maximum atomic E-state index is 13.6. The Morgan fingerprint density at radius 3 is 2.83 bits per heavy atom. The van der Waals surface area contributed by atoms with E-state index in [4.69, 9.17) is 21.9 Å². The predicted molar refractivity (Wildman–Crippen MR) is 142 cm³/mol. The Labute approximate surface area is 217 Å². The van der Waals surface area contributed by atoms with Gasteiger partial charge in [0.25, 0.3) is 11.5 Å². The van der Waals surface area contributed by atoms with Crippen molar-refractivity contribution in [3.05, 3.63) is 45.2 Å². The van der Waals surface area contributed by atoms with Gasteiger partial charge < -0.3 is 15.0 Å². The summed E-state index contributed by atoms with van der Waals surface area (Å²) < 4.78 is 6.88. The number of nitrogens with one attached hydrogen (secondary N) is 1. The molecule has 190 valence electrons. The Morgan fingerprint density at radius 2 is 2.11 bits per heavy atom. The molecule has 0 unspecified atom stereocenters. The lowest BCUT2D eigenvalue weighted by atomic mass is 10.1. The van der Waals surface area contributed by atoms with Crippen LogP contribution in [0.15, 0.2) is 34.1 Å². The van der Waals surface area contributed by atoms with Crippen LogP contribution in [0.5, 0.6) is 0 Å². The van der Waals surface area contributed by atoms with Crippen molar-refractivity contribution in [1.29, 1.82) is 0 Å². The summed E-state index contributed by atoms with van der Waals surface area (Å²) in [4.78, 5) is 60.1. The minimum Gasteiger partial charge on any atom is -0.466 e. The maximum absolute atomic E-state index is 13.6. The number of thioether (sulfide) groups is 1. The van der Waals surface area contributed by atoms with E-state index in [0.717, 1.165) is 18.2 Å². The molecule has 2 aromatic heterocycles. The van der Waals surface area contributed by atoms with Gasteiger partial charge in [-0.05, 0) is 38.5 Å². The fraction of sp³-hybridized carbons (Fsp3) is 0.417. The van der Waals surface area contributed by atoms with Crippen LogP contribution in [-0.4, -0.2) is 68.2 Å². The summed E-state index contributed by atoms with van der Waals surface area (Å²) in [7, 11) is 0. The van der Waals surface area contributed by atoms with E-state index >= 15 is 0 Å². The number of rotatable bonds is 7. The third kappa shape index (κ3) is 4.87. The van der Waals surface area contributed by atoms with Gasteiger partial charge in [-0.3, -0.25) is 28.5 Å². The van der Waals surface area contributed by atoms with Crippen LogP contribution in [-0.2, 0) is 19.1 Å². The molecule has 12 heteroatoms. The molecule has 2 atom stereocenters. The van der Waals surface area contributed by atoms with Crippen LogP contribution in [0, 0.1) is 0 Å². The maximum Gasteiger partial charge on any atom is 0.308 e. The number of aromatic nitrogens is 2. The lowest BCUT2D eigenvalue weighted by Gasteiger charge is -2.36. The SMILES string of the molecule is CCOC(=O)C[C@@H]1C(=O)NCCN1c1nc2ccccn2c(=O)c1/C=C1/SC(=S)N([C@@H](C)CC)C1=O. The molecule has 2 aliphatic rings. The molecule has 0 spiro atoms. The van der Waals surface area contributed by atoms with Crippen molar-refractivity contribution < 1.29 is 19.1 Å². The first-order valence-electron chi connectivity index (χ1n) is 11.7. The molecule has 4 rings (SSSR count). The molecule has 10 nitrogen and oxygen atoms in total. The Bertz CT molecular complexity index is 1320. The Kier molecular flexibility index (Phi) is 7.74. The standard InChI is InChI=1S/C24H27N5O5S2/c1-4-14(3)29-23(33)17(36-24(29)35)12-15-20(26-18-8-6-7-10-28(18)22(15)32)27-11-9-25-21(31)16(27)13-19(30)34-5-2/h6-8,10,12,14,16H,4-5,9,11,13H2,1-3H3,(H,25,31)/b17-12+/t14-,16+/m0/s1. The number of anilines is 1. The number of nitrogens with zero attached hydrogens (tertiary/aromatic N) is 4. The average molecular weight is 530 g/mol. The predicted octanol–water partition coefficient (Wildman–Crippen LogP) is 1.95. The summed E-state index contributed by atoms with van der Waals surface area (Å²) in [6.07, 6.45) is 3.61. The van der Waals surface area contributed by atoms with Gasteiger partial charge in [-0.25, -0.2) is 4.98 Å². The fourth-order valence-corrected chi connectivity index (χ4v) is 5.60. The van der Waals surface area contributed by atoms with Crippen LogP contribution in [0.25, 0.3) is 11.7 Å². The van der Waals surface area contributed by atoms with E-state index in [1.165, 1.54) is 10.5 Å². The summed E-state index contributed by atoms with van der Waals surface area (Å²) in [5, 5.41) is 2.76. The molecule has 4 heterocycles. The number of amides is 2. The molecule has 2 amide bonds. The van der Waals surface area contributed by atoms with Crippen molar-refractivity contribution in [2.24, 2.45) is 0 Å². The average Bonchev–Trinajstić information content (AvgIpc) is 3.14. The van der Waals surface area contributed by atoms with Crippen LogP contribution in [0.3, 0.4) is 0 Å². The molecule has 2 saturated heterocycles. The largest absolute Gasteiger partial charge is 0.466 e. The Hall–Kier alpha value is -3.25. The smallest absolute Gasteiger partial charge is 0.308 e. The van der Waals surface area contributed by atoms with Crippen molar-refractivity contribution in [1.82, 2.24) is 19.6 Å². The molecular formula is C24H27N5O5S2. The van der Waals surface area contributed by atoms with E-state index < -0.39 is 17.6 Å². The number of ether oxygens (including phenoxy) is 1. The van der Waals surface area contributed by atoms with Crippen LogP contribution >= 0.6 is 24.0 Å². The zero-order valence-electron chi connectivity index (χ0n) is 20.2. The van der Waals surface area contributed by atoms with Gasteiger partial charge in [0.1, 0.15) is 21.8 Å². The Balaban J connectivity index is 1.86. The topological polar surface area (TPSA) is 113 Å². The number of esters is 1. The lowest BCUT2D eigenvalue weighted by Crippen LogP contribution is -2.57. The molecule has 2 fully saturated rings. The molecule has 0 bridgehead atoms. The van der Waals surface area contributed by atoms with Crippen molar-refractivity contribution in [2.75, 3.05) is 24.6 Å². The van der Waals surface area contributed by atoms with E-state index in [9.17, 15) is 19.2 Å². The normalized spacial score (nSPS) is 20.2. The third-order valence-electron chi connectivity index (χ3n) is 6.15. The number of carbonyl (C=O) groups excluding carboxylic acids is 3. The zero-order valence-corrected chi connectivity index (χ0v) is 21.9. The van der Waals surface area contributed by atoms with E-state index in [1.54, 1.807) is 41.1 Å². The number of piperazine rings is 1. The van der Waals surface area contributed by atoms with Gasteiger partial charge in [-0.2, -0.15) is 0 Å². The number of hydrogen-bond donors (Lipinski definition) is 1. The van der Waals surface area contributed by atoms with Crippen LogP contribution in [0.2, 0.25) is 0 Å². The quantitative estimate of drug-likeness (QED) is 0.327. The van der Waals surface area contributed by atoms with Crippen molar-refractivity contribution in [3.8, 4) is 0 Å². The highest BCUT2D eigenvalue weighted by atomic mass is 32.2. The molecule has 0 aromatic carbocycles. The second-order valence-corrected chi connectivity index (χ2v) is 10.1. The van der Waals surface area contributed by atoms with Gasteiger partial charge in [-0.15, -0.1) is 0 Å². The highest BCUT2D eigenvalue weighted by Gasteiger charge is 2.37. The molecule has 2 aliphatic heterocycles. The molecule has 36 heavy (non-hydrogen) atoms. The number of thiocarbonyl (C=S) groups is 1. The highest BCUT2D eigenvalue weighted by Crippen LogP contribution is 2.35. The zero-order chi connectivity index (χ0) is 26.0. The summed E-state index contributed by atoms with van der Waals surface area (Å²) >= 11 is 6.57. The minimum absolute atomic E-state index is 0.0848. The van der Waals surface area contributed by atoms with Gasteiger partial charge in [-0.1, -0.05) is 37.0 Å². The molecule has 2 aromatic rings.